The molecule has 0 saturated heterocycles. The van der Waals surface area contributed by atoms with Gasteiger partial charge in [-0.3, -0.25) is 4.79 Å². The minimum atomic E-state index is 0.0214. The summed E-state index contributed by atoms with van der Waals surface area (Å²) in [6.07, 6.45) is 1.76. The number of benzene rings is 1. The maximum atomic E-state index is 11.4. The van der Waals surface area contributed by atoms with E-state index in [2.05, 4.69) is 0 Å². The number of hydrogen-bond acceptors (Lipinski definition) is 2. The van der Waals surface area contributed by atoms with Crippen LogP contribution in [0.5, 0.6) is 0 Å². The molecule has 0 heterocycles. The lowest BCUT2D eigenvalue weighted by Gasteiger charge is -2.06. The zero-order valence-corrected chi connectivity index (χ0v) is 9.42. The van der Waals surface area contributed by atoms with Crippen LogP contribution in [0.2, 0.25) is 5.02 Å². The minimum Gasteiger partial charge on any atom is -0.282 e. The Morgan fingerprint density at radius 1 is 1.38 bits per heavy atom. The van der Waals surface area contributed by atoms with Gasteiger partial charge in [0.1, 0.15) is 0 Å². The average molecular weight is 215 g/mol. The van der Waals surface area contributed by atoms with Gasteiger partial charge in [0.05, 0.1) is 5.02 Å². The lowest BCUT2D eigenvalue weighted by molar-refractivity contribution is 0.108. The molecule has 0 unspecified atom stereocenters. The van der Waals surface area contributed by atoms with Gasteiger partial charge in [-0.05, 0) is 37.3 Å². The molecule has 1 rings (SSSR count). The molecule has 0 fully saturated rings. The Balaban J connectivity index is 3.26. The van der Waals surface area contributed by atoms with Crippen molar-refractivity contribution in [2.45, 2.75) is 13.8 Å². The van der Waals surface area contributed by atoms with E-state index >= 15 is 0 Å². The maximum Gasteiger partial charge on any atom is 0.220 e. The van der Waals surface area contributed by atoms with Gasteiger partial charge in [-0.15, -0.1) is 0 Å². The van der Waals surface area contributed by atoms with E-state index in [1.807, 2.05) is 19.9 Å². The SMILES string of the molecule is CSC(=O)c1ccc(C)c(C)c1Cl. The molecule has 0 bridgehead atoms. The summed E-state index contributed by atoms with van der Waals surface area (Å²) in [7, 11) is 0. The molecule has 0 aromatic heterocycles. The number of thioether (sulfide) groups is 1. The highest BCUT2D eigenvalue weighted by Crippen LogP contribution is 2.25. The largest absolute Gasteiger partial charge is 0.282 e. The summed E-state index contributed by atoms with van der Waals surface area (Å²) in [6.45, 7) is 3.91. The third-order valence-corrected chi connectivity index (χ3v) is 3.14. The summed E-state index contributed by atoms with van der Waals surface area (Å²) in [6, 6.07) is 3.70. The highest BCUT2D eigenvalue weighted by atomic mass is 35.5. The molecule has 0 aliphatic carbocycles. The molecule has 0 spiro atoms. The third kappa shape index (κ3) is 2.06. The van der Waals surface area contributed by atoms with Crippen molar-refractivity contribution < 1.29 is 4.79 Å². The fraction of sp³-hybridized carbons (Fsp3) is 0.300. The van der Waals surface area contributed by atoms with E-state index in [-0.39, 0.29) is 5.12 Å². The van der Waals surface area contributed by atoms with Crippen LogP contribution < -0.4 is 0 Å². The third-order valence-electron chi connectivity index (χ3n) is 2.06. The normalized spacial score (nSPS) is 10.2. The quantitative estimate of drug-likeness (QED) is 0.712. The van der Waals surface area contributed by atoms with Crippen LogP contribution in [0.1, 0.15) is 21.5 Å². The summed E-state index contributed by atoms with van der Waals surface area (Å²) >= 11 is 7.22. The van der Waals surface area contributed by atoms with E-state index in [1.165, 1.54) is 11.8 Å². The van der Waals surface area contributed by atoms with E-state index in [0.717, 1.165) is 11.1 Å². The Morgan fingerprint density at radius 3 is 2.54 bits per heavy atom. The molecule has 1 nitrogen and oxygen atoms in total. The zero-order valence-electron chi connectivity index (χ0n) is 7.85. The Kier molecular flexibility index (Phi) is 3.40. The second-order valence-corrected chi connectivity index (χ2v) is 4.02. The molecule has 0 amide bonds. The van der Waals surface area contributed by atoms with Gasteiger partial charge in [-0.1, -0.05) is 29.4 Å². The first kappa shape index (κ1) is 10.6. The van der Waals surface area contributed by atoms with Crippen molar-refractivity contribution in [2.75, 3.05) is 6.26 Å². The van der Waals surface area contributed by atoms with Crippen molar-refractivity contribution >= 4 is 28.5 Å². The number of rotatable bonds is 1. The predicted octanol–water partition coefficient (Wildman–Crippen LogP) is 3.46. The number of carbonyl (C=O) groups is 1. The van der Waals surface area contributed by atoms with E-state index in [1.54, 1.807) is 12.3 Å². The van der Waals surface area contributed by atoms with Gasteiger partial charge in [0, 0.05) is 5.56 Å². The minimum absolute atomic E-state index is 0.0214. The van der Waals surface area contributed by atoms with Gasteiger partial charge in [-0.25, -0.2) is 0 Å². The highest BCUT2D eigenvalue weighted by molar-refractivity contribution is 8.13. The van der Waals surface area contributed by atoms with Gasteiger partial charge in [0.25, 0.3) is 0 Å². The lowest BCUT2D eigenvalue weighted by atomic mass is 10.1. The lowest BCUT2D eigenvalue weighted by Crippen LogP contribution is -1.96. The first-order valence-electron chi connectivity index (χ1n) is 3.92. The Morgan fingerprint density at radius 2 is 2.00 bits per heavy atom. The number of carbonyl (C=O) groups excluding carboxylic acids is 1. The maximum absolute atomic E-state index is 11.4. The van der Waals surface area contributed by atoms with Crippen molar-refractivity contribution in [3.05, 3.63) is 33.8 Å². The molecule has 0 atom stereocenters. The van der Waals surface area contributed by atoms with Crippen LogP contribution in [0.25, 0.3) is 0 Å². The van der Waals surface area contributed by atoms with Crippen LogP contribution in [-0.2, 0) is 0 Å². The second-order valence-electron chi connectivity index (χ2n) is 2.86. The van der Waals surface area contributed by atoms with E-state index < -0.39 is 0 Å². The van der Waals surface area contributed by atoms with Gasteiger partial charge >= 0.3 is 0 Å². The summed E-state index contributed by atoms with van der Waals surface area (Å²) in [5, 5.41) is 0.604. The Labute approximate surface area is 87.5 Å². The molecule has 0 aliphatic heterocycles. The van der Waals surface area contributed by atoms with Gasteiger partial charge in [-0.2, -0.15) is 0 Å². The average Bonchev–Trinajstić information content (AvgIpc) is 2.13. The monoisotopic (exact) mass is 214 g/mol. The summed E-state index contributed by atoms with van der Waals surface area (Å²) in [4.78, 5) is 11.4. The molecule has 1 aromatic rings. The number of hydrogen-bond donors (Lipinski definition) is 0. The molecule has 0 N–H and O–H groups in total. The molecule has 13 heavy (non-hydrogen) atoms. The van der Waals surface area contributed by atoms with E-state index in [9.17, 15) is 4.79 Å². The fourth-order valence-electron chi connectivity index (χ4n) is 1.05. The van der Waals surface area contributed by atoms with Gasteiger partial charge < -0.3 is 0 Å². The molecule has 0 saturated carbocycles. The smallest absolute Gasteiger partial charge is 0.220 e. The molecular weight excluding hydrogens is 204 g/mol. The highest BCUT2D eigenvalue weighted by Gasteiger charge is 2.11. The molecule has 70 valence electrons. The Hall–Kier alpha value is -0.470. The molecule has 3 heteroatoms. The van der Waals surface area contributed by atoms with Gasteiger partial charge in [0.15, 0.2) is 0 Å². The molecule has 0 radical (unpaired) electrons. The van der Waals surface area contributed by atoms with Crippen LogP contribution in [0.4, 0.5) is 0 Å². The summed E-state index contributed by atoms with van der Waals surface area (Å²) in [5.41, 5.74) is 2.71. The standard InChI is InChI=1S/C10H11ClOS/c1-6-4-5-8(10(12)13-3)9(11)7(6)2/h4-5H,1-3H3. The number of aryl methyl sites for hydroxylation is 1. The second kappa shape index (κ2) is 4.16. The van der Waals surface area contributed by atoms with Crippen molar-refractivity contribution in [1.29, 1.82) is 0 Å². The topological polar surface area (TPSA) is 17.1 Å². The van der Waals surface area contributed by atoms with Crippen molar-refractivity contribution in [3.63, 3.8) is 0 Å². The number of halogens is 1. The molecule has 0 aliphatic rings. The van der Waals surface area contributed by atoms with Crippen molar-refractivity contribution in [2.24, 2.45) is 0 Å². The molecule has 1 aromatic carbocycles. The fourth-order valence-corrected chi connectivity index (χ4v) is 1.79. The Bertz CT molecular complexity index is 347. The van der Waals surface area contributed by atoms with E-state index in [0.29, 0.717) is 10.6 Å². The zero-order chi connectivity index (χ0) is 10.0. The van der Waals surface area contributed by atoms with Crippen molar-refractivity contribution in [1.82, 2.24) is 0 Å². The first-order chi connectivity index (χ1) is 6.07. The van der Waals surface area contributed by atoms with Crippen LogP contribution in [0, 0.1) is 13.8 Å². The molecular formula is C10H11ClOS. The van der Waals surface area contributed by atoms with Crippen LogP contribution >= 0.6 is 23.4 Å². The van der Waals surface area contributed by atoms with Gasteiger partial charge in [0.2, 0.25) is 5.12 Å². The van der Waals surface area contributed by atoms with E-state index in [4.69, 9.17) is 11.6 Å². The van der Waals surface area contributed by atoms with Crippen LogP contribution in [0.3, 0.4) is 0 Å². The predicted molar refractivity (Wildman–Crippen MR) is 58.8 cm³/mol. The summed E-state index contributed by atoms with van der Waals surface area (Å²) < 4.78 is 0. The summed E-state index contributed by atoms with van der Waals surface area (Å²) in [5.74, 6) is 0. The van der Waals surface area contributed by atoms with Crippen LogP contribution in [-0.4, -0.2) is 11.4 Å². The van der Waals surface area contributed by atoms with Crippen molar-refractivity contribution in [3.8, 4) is 0 Å². The first-order valence-corrected chi connectivity index (χ1v) is 5.52. The van der Waals surface area contributed by atoms with Crippen LogP contribution in [0.15, 0.2) is 12.1 Å².